The summed E-state index contributed by atoms with van der Waals surface area (Å²) in [6.07, 6.45) is 0.824. The fourth-order valence-electron chi connectivity index (χ4n) is 0.534. The molecule has 3 heteroatoms. The second-order valence-electron chi connectivity index (χ2n) is 1.87. The van der Waals surface area contributed by atoms with E-state index >= 15 is 0 Å². The second kappa shape index (κ2) is 6.01. The SMILES string of the molecule is CCC(CO)OCCN. The summed E-state index contributed by atoms with van der Waals surface area (Å²) in [4.78, 5) is 0. The van der Waals surface area contributed by atoms with Crippen molar-refractivity contribution in [3.05, 3.63) is 0 Å². The first-order valence-corrected chi connectivity index (χ1v) is 3.27. The average molecular weight is 133 g/mol. The van der Waals surface area contributed by atoms with Crippen LogP contribution in [0.1, 0.15) is 13.3 Å². The van der Waals surface area contributed by atoms with Crippen molar-refractivity contribution < 1.29 is 9.84 Å². The molecule has 0 heterocycles. The number of ether oxygens (including phenoxy) is 1. The maximum atomic E-state index is 8.59. The van der Waals surface area contributed by atoms with Gasteiger partial charge >= 0.3 is 0 Å². The van der Waals surface area contributed by atoms with Crippen LogP contribution in [0.5, 0.6) is 0 Å². The third-order valence-electron chi connectivity index (χ3n) is 1.13. The largest absolute Gasteiger partial charge is 0.394 e. The van der Waals surface area contributed by atoms with Crippen LogP contribution >= 0.6 is 0 Å². The van der Waals surface area contributed by atoms with Crippen molar-refractivity contribution in [2.45, 2.75) is 19.4 Å². The van der Waals surface area contributed by atoms with Crippen LogP contribution in [0.2, 0.25) is 0 Å². The van der Waals surface area contributed by atoms with Gasteiger partial charge in [0, 0.05) is 6.54 Å². The first-order valence-electron chi connectivity index (χ1n) is 3.27. The van der Waals surface area contributed by atoms with Crippen molar-refractivity contribution in [3.8, 4) is 0 Å². The molecule has 0 bridgehead atoms. The van der Waals surface area contributed by atoms with Crippen molar-refractivity contribution >= 4 is 0 Å². The highest BCUT2D eigenvalue weighted by molar-refractivity contribution is 4.50. The molecule has 0 aromatic rings. The van der Waals surface area contributed by atoms with Crippen LogP contribution in [0.25, 0.3) is 0 Å². The van der Waals surface area contributed by atoms with Crippen molar-refractivity contribution in [2.24, 2.45) is 5.73 Å². The molecule has 0 rings (SSSR count). The number of hydrogen-bond acceptors (Lipinski definition) is 3. The number of aliphatic hydroxyl groups is 1. The summed E-state index contributed by atoms with van der Waals surface area (Å²) in [6, 6.07) is 0. The van der Waals surface area contributed by atoms with E-state index < -0.39 is 0 Å². The Labute approximate surface area is 55.8 Å². The van der Waals surface area contributed by atoms with Crippen LogP contribution in [0.4, 0.5) is 0 Å². The fourth-order valence-corrected chi connectivity index (χ4v) is 0.534. The Morgan fingerprint density at radius 1 is 1.67 bits per heavy atom. The van der Waals surface area contributed by atoms with E-state index in [-0.39, 0.29) is 12.7 Å². The summed E-state index contributed by atoms with van der Waals surface area (Å²) in [5.41, 5.74) is 5.18. The zero-order chi connectivity index (χ0) is 7.11. The Kier molecular flexibility index (Phi) is 5.93. The molecule has 0 aliphatic carbocycles. The van der Waals surface area contributed by atoms with E-state index in [1.54, 1.807) is 0 Å². The minimum absolute atomic E-state index is 0.0199. The predicted molar refractivity (Wildman–Crippen MR) is 36.2 cm³/mol. The number of nitrogens with two attached hydrogens (primary N) is 1. The van der Waals surface area contributed by atoms with Crippen molar-refractivity contribution in [1.82, 2.24) is 0 Å². The Hall–Kier alpha value is -0.120. The topological polar surface area (TPSA) is 55.5 Å². The molecule has 3 nitrogen and oxygen atoms in total. The third kappa shape index (κ3) is 4.39. The summed E-state index contributed by atoms with van der Waals surface area (Å²) >= 11 is 0. The summed E-state index contributed by atoms with van der Waals surface area (Å²) in [6.45, 7) is 3.13. The molecule has 0 aliphatic heterocycles. The quantitative estimate of drug-likeness (QED) is 0.543. The maximum absolute atomic E-state index is 8.59. The molecule has 0 aromatic heterocycles. The molecule has 0 saturated heterocycles. The minimum atomic E-state index is -0.0199. The molecular formula is C6H15NO2. The van der Waals surface area contributed by atoms with Gasteiger partial charge in [-0.25, -0.2) is 0 Å². The van der Waals surface area contributed by atoms with Crippen LogP contribution < -0.4 is 5.73 Å². The molecule has 0 radical (unpaired) electrons. The average Bonchev–Trinajstić information content (AvgIpc) is 1.91. The third-order valence-corrected chi connectivity index (χ3v) is 1.13. The summed E-state index contributed by atoms with van der Waals surface area (Å²) in [5.74, 6) is 0. The Morgan fingerprint density at radius 3 is 2.67 bits per heavy atom. The van der Waals surface area contributed by atoms with E-state index in [9.17, 15) is 0 Å². The normalized spacial score (nSPS) is 13.7. The van der Waals surface area contributed by atoms with Crippen molar-refractivity contribution in [1.29, 1.82) is 0 Å². The molecule has 56 valence electrons. The standard InChI is InChI=1S/C6H15NO2/c1-2-6(5-8)9-4-3-7/h6,8H,2-5,7H2,1H3. The van der Waals surface area contributed by atoms with Crippen LogP contribution in [0.3, 0.4) is 0 Å². The lowest BCUT2D eigenvalue weighted by atomic mass is 10.3. The maximum Gasteiger partial charge on any atom is 0.0803 e. The Bertz CT molecular complexity index is 55.0. The van der Waals surface area contributed by atoms with Gasteiger partial charge < -0.3 is 15.6 Å². The molecular weight excluding hydrogens is 118 g/mol. The number of aliphatic hydroxyl groups excluding tert-OH is 1. The zero-order valence-electron chi connectivity index (χ0n) is 5.84. The Balaban J connectivity index is 3.09. The first-order chi connectivity index (χ1) is 4.35. The predicted octanol–water partition coefficient (Wildman–Crippen LogP) is -0.267. The molecule has 0 aromatic carbocycles. The van der Waals surface area contributed by atoms with Gasteiger partial charge in [-0.3, -0.25) is 0 Å². The molecule has 0 aliphatic rings. The lowest BCUT2D eigenvalue weighted by Crippen LogP contribution is -2.20. The molecule has 0 fully saturated rings. The van der Waals surface area contributed by atoms with Gasteiger partial charge in [0.25, 0.3) is 0 Å². The minimum Gasteiger partial charge on any atom is -0.394 e. The van der Waals surface area contributed by atoms with E-state index in [0.29, 0.717) is 13.2 Å². The molecule has 1 unspecified atom stereocenters. The van der Waals surface area contributed by atoms with E-state index in [0.717, 1.165) is 6.42 Å². The molecule has 0 spiro atoms. The highest BCUT2D eigenvalue weighted by atomic mass is 16.5. The fraction of sp³-hybridized carbons (Fsp3) is 1.00. The second-order valence-corrected chi connectivity index (χ2v) is 1.87. The van der Waals surface area contributed by atoms with E-state index in [4.69, 9.17) is 15.6 Å². The molecule has 0 amide bonds. The van der Waals surface area contributed by atoms with Crippen molar-refractivity contribution in [3.63, 3.8) is 0 Å². The highest BCUT2D eigenvalue weighted by Crippen LogP contribution is 1.94. The van der Waals surface area contributed by atoms with E-state index in [2.05, 4.69) is 0 Å². The Morgan fingerprint density at radius 2 is 2.33 bits per heavy atom. The van der Waals surface area contributed by atoms with Gasteiger partial charge in [-0.15, -0.1) is 0 Å². The molecule has 3 N–H and O–H groups in total. The van der Waals surface area contributed by atoms with Gasteiger partial charge in [0.15, 0.2) is 0 Å². The van der Waals surface area contributed by atoms with Crippen LogP contribution in [-0.4, -0.2) is 31.0 Å². The number of rotatable bonds is 5. The van der Waals surface area contributed by atoms with E-state index in [1.807, 2.05) is 6.92 Å². The monoisotopic (exact) mass is 133 g/mol. The molecule has 1 atom stereocenters. The van der Waals surface area contributed by atoms with E-state index in [1.165, 1.54) is 0 Å². The van der Waals surface area contributed by atoms with Crippen LogP contribution in [0, 0.1) is 0 Å². The summed E-state index contributed by atoms with van der Waals surface area (Å²) in [7, 11) is 0. The lowest BCUT2D eigenvalue weighted by Gasteiger charge is -2.11. The van der Waals surface area contributed by atoms with Gasteiger partial charge in [0.05, 0.1) is 19.3 Å². The first kappa shape index (κ1) is 8.88. The van der Waals surface area contributed by atoms with Crippen LogP contribution in [0.15, 0.2) is 0 Å². The van der Waals surface area contributed by atoms with Crippen molar-refractivity contribution in [2.75, 3.05) is 19.8 Å². The van der Waals surface area contributed by atoms with Gasteiger partial charge in [0.2, 0.25) is 0 Å². The van der Waals surface area contributed by atoms with Gasteiger partial charge in [-0.1, -0.05) is 6.92 Å². The lowest BCUT2D eigenvalue weighted by molar-refractivity contribution is 0.0152. The smallest absolute Gasteiger partial charge is 0.0803 e. The highest BCUT2D eigenvalue weighted by Gasteiger charge is 2.01. The van der Waals surface area contributed by atoms with Gasteiger partial charge in [0.1, 0.15) is 0 Å². The molecule has 0 saturated carbocycles. The van der Waals surface area contributed by atoms with Gasteiger partial charge in [-0.2, -0.15) is 0 Å². The molecule has 9 heavy (non-hydrogen) atoms. The number of hydrogen-bond donors (Lipinski definition) is 2. The van der Waals surface area contributed by atoms with Gasteiger partial charge in [-0.05, 0) is 6.42 Å². The van der Waals surface area contributed by atoms with Crippen LogP contribution in [-0.2, 0) is 4.74 Å². The summed E-state index contributed by atoms with van der Waals surface area (Å²) in [5, 5.41) is 8.59. The summed E-state index contributed by atoms with van der Waals surface area (Å²) < 4.78 is 5.11. The zero-order valence-corrected chi connectivity index (χ0v) is 5.84.